The maximum Gasteiger partial charge on any atom is 0.278 e. The van der Waals surface area contributed by atoms with E-state index in [0.29, 0.717) is 30.7 Å². The molecule has 0 aliphatic carbocycles. The number of halogens is 1. The molecule has 1 saturated heterocycles. The van der Waals surface area contributed by atoms with Crippen molar-refractivity contribution in [3.63, 3.8) is 0 Å². The van der Waals surface area contributed by atoms with Gasteiger partial charge in [0.15, 0.2) is 5.03 Å². The van der Waals surface area contributed by atoms with Crippen molar-refractivity contribution in [2.24, 2.45) is 5.10 Å². The van der Waals surface area contributed by atoms with Gasteiger partial charge in [0, 0.05) is 32.0 Å². The van der Waals surface area contributed by atoms with E-state index >= 15 is 0 Å². The van der Waals surface area contributed by atoms with Gasteiger partial charge in [-0.1, -0.05) is 24.6 Å². The summed E-state index contributed by atoms with van der Waals surface area (Å²) in [5.41, 5.74) is 0.925. The van der Waals surface area contributed by atoms with Gasteiger partial charge in [-0.25, -0.2) is 15.1 Å². The Morgan fingerprint density at radius 2 is 2.36 bits per heavy atom. The fourth-order valence-corrected chi connectivity index (χ4v) is 2.57. The van der Waals surface area contributed by atoms with E-state index in [4.69, 9.17) is 11.6 Å². The summed E-state index contributed by atoms with van der Waals surface area (Å²) in [5, 5.41) is 16.0. The molecule has 7 nitrogen and oxygen atoms in total. The van der Waals surface area contributed by atoms with Crippen LogP contribution in [0.1, 0.15) is 12.5 Å². The lowest BCUT2D eigenvalue weighted by Gasteiger charge is -2.18. The molecule has 22 heavy (non-hydrogen) atoms. The Balaban J connectivity index is 2.12. The SMILES string of the molecule is CCSC=CN1CCN(Cc2ccc(Cl)nc2)C1=N[N+](=O)[O-]. The number of rotatable bonds is 6. The minimum Gasteiger partial charge on any atom is -0.331 e. The number of guanidine groups is 1. The molecular weight excluding hydrogens is 326 g/mol. The van der Waals surface area contributed by atoms with Crippen molar-refractivity contribution in [2.45, 2.75) is 13.5 Å². The van der Waals surface area contributed by atoms with E-state index in [2.05, 4.69) is 10.1 Å². The van der Waals surface area contributed by atoms with Gasteiger partial charge in [0.05, 0.1) is 0 Å². The van der Waals surface area contributed by atoms with Gasteiger partial charge < -0.3 is 9.80 Å². The maximum atomic E-state index is 10.8. The van der Waals surface area contributed by atoms with Crippen LogP contribution in [0, 0.1) is 10.1 Å². The van der Waals surface area contributed by atoms with E-state index in [9.17, 15) is 10.1 Å². The zero-order valence-electron chi connectivity index (χ0n) is 12.1. The smallest absolute Gasteiger partial charge is 0.278 e. The Bertz CT molecular complexity index is 578. The number of nitrogens with zero attached hydrogens (tertiary/aromatic N) is 5. The molecule has 1 aliphatic rings. The molecule has 1 aromatic heterocycles. The molecular formula is C13H16ClN5O2S. The van der Waals surface area contributed by atoms with Gasteiger partial charge in [-0.3, -0.25) is 0 Å². The van der Waals surface area contributed by atoms with E-state index in [0.717, 1.165) is 11.3 Å². The highest BCUT2D eigenvalue weighted by Crippen LogP contribution is 2.16. The van der Waals surface area contributed by atoms with Crippen molar-refractivity contribution in [2.75, 3.05) is 18.8 Å². The van der Waals surface area contributed by atoms with Crippen molar-refractivity contribution in [1.29, 1.82) is 0 Å². The second-order valence-electron chi connectivity index (χ2n) is 4.48. The van der Waals surface area contributed by atoms with E-state index in [1.807, 2.05) is 29.5 Å². The zero-order chi connectivity index (χ0) is 15.9. The fourth-order valence-electron chi connectivity index (χ4n) is 2.03. The van der Waals surface area contributed by atoms with E-state index < -0.39 is 5.03 Å². The second kappa shape index (κ2) is 8.00. The number of aromatic nitrogens is 1. The molecule has 0 atom stereocenters. The summed E-state index contributed by atoms with van der Waals surface area (Å²) in [4.78, 5) is 18.4. The molecule has 1 aromatic rings. The van der Waals surface area contributed by atoms with Crippen molar-refractivity contribution in [1.82, 2.24) is 14.8 Å². The summed E-state index contributed by atoms with van der Waals surface area (Å²) < 4.78 is 0. The number of hydrogen-bond acceptors (Lipinski definition) is 4. The molecule has 0 aromatic carbocycles. The Morgan fingerprint density at radius 3 is 3.00 bits per heavy atom. The number of pyridine rings is 1. The Labute approximate surface area is 137 Å². The molecule has 0 N–H and O–H groups in total. The van der Waals surface area contributed by atoms with E-state index in [1.165, 1.54) is 0 Å². The van der Waals surface area contributed by atoms with Gasteiger partial charge in [-0.15, -0.1) is 11.8 Å². The third kappa shape index (κ3) is 4.60. The summed E-state index contributed by atoms with van der Waals surface area (Å²) in [6.07, 6.45) is 3.49. The maximum absolute atomic E-state index is 10.8. The van der Waals surface area contributed by atoms with Crippen LogP contribution in [0.25, 0.3) is 0 Å². The highest BCUT2D eigenvalue weighted by atomic mass is 35.5. The minimum atomic E-state index is -0.665. The quantitative estimate of drug-likeness (QED) is 0.450. The summed E-state index contributed by atoms with van der Waals surface area (Å²) >= 11 is 7.39. The van der Waals surface area contributed by atoms with Crippen LogP contribution in [0.5, 0.6) is 0 Å². The predicted molar refractivity (Wildman–Crippen MR) is 88.1 cm³/mol. The highest BCUT2D eigenvalue weighted by molar-refractivity contribution is 8.02. The lowest BCUT2D eigenvalue weighted by Crippen LogP contribution is -2.31. The molecule has 0 radical (unpaired) electrons. The van der Waals surface area contributed by atoms with Crippen molar-refractivity contribution < 1.29 is 5.03 Å². The number of nitro groups is 1. The fraction of sp³-hybridized carbons (Fsp3) is 0.385. The molecule has 1 aliphatic heterocycles. The molecule has 2 heterocycles. The summed E-state index contributed by atoms with van der Waals surface area (Å²) in [6, 6.07) is 3.55. The molecule has 0 saturated carbocycles. The van der Waals surface area contributed by atoms with Crippen LogP contribution in [0.2, 0.25) is 5.15 Å². The first-order valence-electron chi connectivity index (χ1n) is 6.73. The van der Waals surface area contributed by atoms with Crippen LogP contribution in [0.15, 0.2) is 35.0 Å². The van der Waals surface area contributed by atoms with Gasteiger partial charge in [-0.05, 0) is 22.8 Å². The van der Waals surface area contributed by atoms with Gasteiger partial charge in [0.25, 0.3) is 5.96 Å². The predicted octanol–water partition coefficient (Wildman–Crippen LogP) is 2.62. The van der Waals surface area contributed by atoms with E-state index in [1.54, 1.807) is 28.9 Å². The minimum absolute atomic E-state index is 0.341. The normalized spacial score (nSPS) is 16.9. The van der Waals surface area contributed by atoms with Crippen LogP contribution < -0.4 is 0 Å². The van der Waals surface area contributed by atoms with Gasteiger partial charge >= 0.3 is 0 Å². The highest BCUT2D eigenvalue weighted by Gasteiger charge is 2.28. The van der Waals surface area contributed by atoms with E-state index in [-0.39, 0.29) is 0 Å². The molecule has 0 unspecified atom stereocenters. The average Bonchev–Trinajstić information content (AvgIpc) is 2.84. The van der Waals surface area contributed by atoms with Gasteiger partial charge in [0.1, 0.15) is 10.3 Å². The van der Waals surface area contributed by atoms with Crippen LogP contribution in [-0.4, -0.2) is 44.6 Å². The van der Waals surface area contributed by atoms with Crippen LogP contribution in [-0.2, 0) is 6.54 Å². The van der Waals surface area contributed by atoms with Crippen molar-refractivity contribution in [3.8, 4) is 0 Å². The average molecular weight is 342 g/mol. The number of thioether (sulfide) groups is 1. The standard InChI is InChI=1S/C13H16ClN5O2S/c1-2-22-8-7-17-5-6-18(13(17)16-19(20)21)10-11-3-4-12(14)15-9-11/h3-4,7-9H,2,5-6,10H2,1H3. The molecule has 0 amide bonds. The topological polar surface area (TPSA) is 74.9 Å². The molecule has 9 heteroatoms. The Morgan fingerprint density at radius 1 is 1.55 bits per heavy atom. The third-order valence-corrected chi connectivity index (χ3v) is 3.86. The Hall–Kier alpha value is -1.80. The van der Waals surface area contributed by atoms with Crippen LogP contribution >= 0.6 is 23.4 Å². The molecule has 1 fully saturated rings. The third-order valence-electron chi connectivity index (χ3n) is 2.99. The van der Waals surface area contributed by atoms with Crippen LogP contribution in [0.3, 0.4) is 0 Å². The van der Waals surface area contributed by atoms with Crippen LogP contribution in [0.4, 0.5) is 0 Å². The second-order valence-corrected chi connectivity index (χ2v) is 6.05. The van der Waals surface area contributed by atoms with Gasteiger partial charge in [-0.2, -0.15) is 0 Å². The number of hydrazone groups is 1. The summed E-state index contributed by atoms with van der Waals surface area (Å²) in [7, 11) is 0. The number of hydrogen-bond donors (Lipinski definition) is 0. The monoisotopic (exact) mass is 341 g/mol. The summed E-state index contributed by atoms with van der Waals surface area (Å²) in [6.45, 7) is 3.87. The zero-order valence-corrected chi connectivity index (χ0v) is 13.6. The lowest BCUT2D eigenvalue weighted by molar-refractivity contribution is -0.486. The van der Waals surface area contributed by atoms with Crippen molar-refractivity contribution in [3.05, 3.63) is 50.8 Å². The van der Waals surface area contributed by atoms with Gasteiger partial charge in [0.2, 0.25) is 0 Å². The molecule has 0 spiro atoms. The lowest BCUT2D eigenvalue weighted by atomic mass is 10.3. The molecule has 0 bridgehead atoms. The Kier molecular flexibility index (Phi) is 6.02. The summed E-state index contributed by atoms with van der Waals surface area (Å²) in [5.74, 6) is 1.29. The first kappa shape index (κ1) is 16.6. The molecule has 118 valence electrons. The first-order chi connectivity index (χ1) is 10.6. The first-order valence-corrected chi connectivity index (χ1v) is 8.16. The molecule has 2 rings (SSSR count). The van der Waals surface area contributed by atoms with Crippen molar-refractivity contribution >= 4 is 29.3 Å². The largest absolute Gasteiger partial charge is 0.331 e.